The highest BCUT2D eigenvalue weighted by Crippen LogP contribution is 2.17. The van der Waals surface area contributed by atoms with Crippen molar-refractivity contribution in [3.8, 4) is 0 Å². The smallest absolute Gasteiger partial charge is 0.0346 e. The molecule has 4 nitrogen and oxygen atoms in total. The molecule has 0 bridgehead atoms. The first-order valence-electron chi connectivity index (χ1n) is 6.70. The lowest BCUT2D eigenvalue weighted by molar-refractivity contribution is 0.0538. The van der Waals surface area contributed by atoms with Crippen LogP contribution in [-0.2, 0) is 0 Å². The molecule has 0 spiro atoms. The predicted molar refractivity (Wildman–Crippen MR) is 65.7 cm³/mol. The van der Waals surface area contributed by atoms with E-state index < -0.39 is 0 Å². The van der Waals surface area contributed by atoms with E-state index in [0.717, 1.165) is 12.1 Å². The lowest BCUT2D eigenvalue weighted by Crippen LogP contribution is -2.62. The van der Waals surface area contributed by atoms with Crippen LogP contribution in [0.15, 0.2) is 0 Å². The summed E-state index contributed by atoms with van der Waals surface area (Å²) in [6.07, 6.45) is 1.38. The van der Waals surface area contributed by atoms with Gasteiger partial charge in [0.1, 0.15) is 0 Å². The molecule has 4 heteroatoms. The van der Waals surface area contributed by atoms with Crippen molar-refractivity contribution >= 4 is 0 Å². The number of piperazine rings is 1. The van der Waals surface area contributed by atoms with Crippen molar-refractivity contribution < 1.29 is 0 Å². The maximum Gasteiger partial charge on any atom is 0.0346 e. The Kier molecular flexibility index (Phi) is 3.16. The summed E-state index contributed by atoms with van der Waals surface area (Å²) in [4.78, 5) is 7.85. The van der Waals surface area contributed by atoms with E-state index in [4.69, 9.17) is 0 Å². The van der Waals surface area contributed by atoms with Gasteiger partial charge in [0.25, 0.3) is 0 Å². The molecule has 16 heavy (non-hydrogen) atoms. The highest BCUT2D eigenvalue weighted by molar-refractivity contribution is 4.90. The van der Waals surface area contributed by atoms with Crippen molar-refractivity contribution in [1.82, 2.24) is 20.0 Å². The normalized spacial score (nSPS) is 35.4. The Balaban J connectivity index is 1.46. The molecule has 0 amide bonds. The first kappa shape index (κ1) is 11.0. The Morgan fingerprint density at radius 3 is 1.94 bits per heavy atom. The standard InChI is InChI=1S/C12H24N4/c1-14-3-2-11(10-14)15-4-6-16(7-5-15)12-8-13-9-12/h11-13H,2-10H2,1H3. The fourth-order valence-corrected chi connectivity index (χ4v) is 3.21. The molecule has 1 atom stereocenters. The van der Waals surface area contributed by atoms with E-state index in [0.29, 0.717) is 0 Å². The van der Waals surface area contributed by atoms with E-state index in [1.165, 1.54) is 58.8 Å². The number of rotatable bonds is 2. The Morgan fingerprint density at radius 2 is 1.50 bits per heavy atom. The third kappa shape index (κ3) is 2.12. The summed E-state index contributed by atoms with van der Waals surface area (Å²) in [5, 5.41) is 3.37. The lowest BCUT2D eigenvalue weighted by atomic mass is 10.1. The minimum Gasteiger partial charge on any atom is -0.314 e. The van der Waals surface area contributed by atoms with E-state index in [-0.39, 0.29) is 0 Å². The third-order valence-corrected chi connectivity index (χ3v) is 4.51. The summed E-state index contributed by atoms with van der Waals surface area (Å²) in [5.41, 5.74) is 0. The van der Waals surface area contributed by atoms with Gasteiger partial charge >= 0.3 is 0 Å². The van der Waals surface area contributed by atoms with Gasteiger partial charge in [-0.05, 0) is 20.0 Å². The largest absolute Gasteiger partial charge is 0.314 e. The summed E-state index contributed by atoms with van der Waals surface area (Å²) in [7, 11) is 2.25. The van der Waals surface area contributed by atoms with E-state index in [9.17, 15) is 0 Å². The highest BCUT2D eigenvalue weighted by atomic mass is 15.3. The molecule has 0 radical (unpaired) electrons. The molecule has 3 fully saturated rings. The second-order valence-electron chi connectivity index (χ2n) is 5.59. The molecule has 0 aromatic rings. The average molecular weight is 224 g/mol. The van der Waals surface area contributed by atoms with Gasteiger partial charge in [-0.1, -0.05) is 0 Å². The van der Waals surface area contributed by atoms with Crippen molar-refractivity contribution in [3.63, 3.8) is 0 Å². The molecule has 3 rings (SSSR count). The summed E-state index contributed by atoms with van der Waals surface area (Å²) in [6, 6.07) is 1.68. The van der Waals surface area contributed by atoms with Gasteiger partial charge < -0.3 is 10.2 Å². The molecule has 3 aliphatic rings. The topological polar surface area (TPSA) is 21.8 Å². The SMILES string of the molecule is CN1CCC(N2CCN(C3CNC3)CC2)C1. The molecule has 92 valence electrons. The van der Waals surface area contributed by atoms with Gasteiger partial charge in [-0.2, -0.15) is 0 Å². The number of likely N-dealkylation sites (N-methyl/N-ethyl adjacent to an activating group) is 1. The van der Waals surface area contributed by atoms with Crippen molar-refractivity contribution in [3.05, 3.63) is 0 Å². The number of nitrogens with one attached hydrogen (secondary N) is 1. The predicted octanol–water partition coefficient (Wildman–Crippen LogP) is -0.720. The number of hydrogen-bond acceptors (Lipinski definition) is 4. The van der Waals surface area contributed by atoms with Crippen LogP contribution in [0.5, 0.6) is 0 Å². The van der Waals surface area contributed by atoms with Crippen LogP contribution in [0.3, 0.4) is 0 Å². The van der Waals surface area contributed by atoms with Gasteiger partial charge in [0.05, 0.1) is 0 Å². The first-order valence-corrected chi connectivity index (χ1v) is 6.70. The van der Waals surface area contributed by atoms with Crippen molar-refractivity contribution in [1.29, 1.82) is 0 Å². The summed E-state index contributed by atoms with van der Waals surface area (Å²) in [6.45, 7) is 10.1. The average Bonchev–Trinajstić information content (AvgIpc) is 2.63. The molecule has 0 aliphatic carbocycles. The number of hydrogen-bond donors (Lipinski definition) is 1. The Morgan fingerprint density at radius 1 is 0.875 bits per heavy atom. The van der Waals surface area contributed by atoms with E-state index in [1.54, 1.807) is 0 Å². The number of likely N-dealkylation sites (tertiary alicyclic amines) is 1. The molecule has 0 aromatic carbocycles. The Bertz CT molecular complexity index is 233. The van der Waals surface area contributed by atoms with Gasteiger partial charge in [0.2, 0.25) is 0 Å². The molecule has 3 aliphatic heterocycles. The zero-order chi connectivity index (χ0) is 11.0. The maximum absolute atomic E-state index is 3.37. The zero-order valence-corrected chi connectivity index (χ0v) is 10.4. The van der Waals surface area contributed by atoms with E-state index >= 15 is 0 Å². The van der Waals surface area contributed by atoms with Crippen molar-refractivity contribution in [2.45, 2.75) is 18.5 Å². The van der Waals surface area contributed by atoms with Crippen LogP contribution in [0.1, 0.15) is 6.42 Å². The van der Waals surface area contributed by atoms with Crippen LogP contribution in [0.25, 0.3) is 0 Å². The summed E-state index contributed by atoms with van der Waals surface area (Å²) in [5.74, 6) is 0. The minimum atomic E-state index is 0.840. The molecule has 0 aromatic heterocycles. The van der Waals surface area contributed by atoms with Gasteiger partial charge in [-0.3, -0.25) is 9.80 Å². The Labute approximate surface area is 98.6 Å². The fourth-order valence-electron chi connectivity index (χ4n) is 3.21. The number of nitrogens with zero attached hydrogens (tertiary/aromatic N) is 3. The lowest BCUT2D eigenvalue weighted by Gasteiger charge is -2.44. The van der Waals surface area contributed by atoms with Crippen LogP contribution >= 0.6 is 0 Å². The van der Waals surface area contributed by atoms with Crippen LogP contribution in [0.4, 0.5) is 0 Å². The Hall–Kier alpha value is -0.160. The summed E-state index contributed by atoms with van der Waals surface area (Å²) >= 11 is 0. The maximum atomic E-state index is 3.37. The van der Waals surface area contributed by atoms with Gasteiger partial charge in [0, 0.05) is 57.9 Å². The van der Waals surface area contributed by atoms with Gasteiger partial charge in [-0.15, -0.1) is 0 Å². The van der Waals surface area contributed by atoms with Crippen LogP contribution < -0.4 is 5.32 Å². The highest BCUT2D eigenvalue weighted by Gasteiger charge is 2.31. The van der Waals surface area contributed by atoms with Crippen LogP contribution in [0, 0.1) is 0 Å². The molecule has 3 saturated heterocycles. The zero-order valence-electron chi connectivity index (χ0n) is 10.4. The van der Waals surface area contributed by atoms with E-state index in [2.05, 4.69) is 27.1 Å². The molecular weight excluding hydrogens is 200 g/mol. The molecule has 1 unspecified atom stereocenters. The van der Waals surface area contributed by atoms with Crippen molar-refractivity contribution in [2.24, 2.45) is 0 Å². The monoisotopic (exact) mass is 224 g/mol. The molecule has 0 saturated carbocycles. The van der Waals surface area contributed by atoms with E-state index in [1.807, 2.05) is 0 Å². The fraction of sp³-hybridized carbons (Fsp3) is 1.00. The molecule has 1 N–H and O–H groups in total. The van der Waals surface area contributed by atoms with Crippen molar-refractivity contribution in [2.75, 3.05) is 59.4 Å². The second-order valence-corrected chi connectivity index (χ2v) is 5.59. The molecular formula is C12H24N4. The van der Waals surface area contributed by atoms with Crippen LogP contribution in [0.2, 0.25) is 0 Å². The van der Waals surface area contributed by atoms with Crippen LogP contribution in [-0.4, -0.2) is 86.2 Å². The van der Waals surface area contributed by atoms with Gasteiger partial charge in [0.15, 0.2) is 0 Å². The first-order chi connectivity index (χ1) is 7.83. The molecule has 3 heterocycles. The van der Waals surface area contributed by atoms with Gasteiger partial charge in [-0.25, -0.2) is 0 Å². The third-order valence-electron chi connectivity index (χ3n) is 4.51. The summed E-state index contributed by atoms with van der Waals surface area (Å²) < 4.78 is 0. The quantitative estimate of drug-likeness (QED) is 0.668. The second kappa shape index (κ2) is 4.61. The minimum absolute atomic E-state index is 0.840.